The standard InChI is InChI=1S/C9H4BrF2NO2/c10-3-1-2-6-4-9(13(14)15)8(12)5-7(6)11/h4-5H,3H2. The number of hydrogen-bond donors (Lipinski definition) is 0. The Kier molecular flexibility index (Phi) is 3.74. The fraction of sp³-hybridized carbons (Fsp3) is 0.111. The van der Waals surface area contributed by atoms with Gasteiger partial charge in [-0.3, -0.25) is 10.1 Å². The van der Waals surface area contributed by atoms with Crippen LogP contribution in [0.5, 0.6) is 0 Å². The summed E-state index contributed by atoms with van der Waals surface area (Å²) in [4.78, 5) is 9.42. The number of hydrogen-bond acceptors (Lipinski definition) is 2. The van der Waals surface area contributed by atoms with Crippen molar-refractivity contribution in [1.82, 2.24) is 0 Å². The lowest BCUT2D eigenvalue weighted by Gasteiger charge is -1.96. The van der Waals surface area contributed by atoms with Crippen molar-refractivity contribution in [3.8, 4) is 11.8 Å². The zero-order chi connectivity index (χ0) is 11.4. The first-order valence-corrected chi connectivity index (χ1v) is 4.86. The molecule has 0 N–H and O–H groups in total. The van der Waals surface area contributed by atoms with Gasteiger partial charge in [0.25, 0.3) is 0 Å². The molecular weight excluding hydrogens is 272 g/mol. The molecule has 3 nitrogen and oxygen atoms in total. The summed E-state index contributed by atoms with van der Waals surface area (Å²) in [5, 5.41) is 10.6. The fourth-order valence-electron chi connectivity index (χ4n) is 0.902. The molecule has 0 aromatic heterocycles. The minimum absolute atomic E-state index is 0.192. The van der Waals surface area contributed by atoms with Gasteiger partial charge in [0.1, 0.15) is 5.82 Å². The smallest absolute Gasteiger partial charge is 0.258 e. The lowest BCUT2D eigenvalue weighted by Crippen LogP contribution is -1.96. The first-order chi connectivity index (χ1) is 7.06. The summed E-state index contributed by atoms with van der Waals surface area (Å²) in [6.07, 6.45) is 0. The topological polar surface area (TPSA) is 43.1 Å². The van der Waals surface area contributed by atoms with Crippen LogP contribution in [0.15, 0.2) is 12.1 Å². The first kappa shape index (κ1) is 11.6. The van der Waals surface area contributed by atoms with E-state index in [0.717, 1.165) is 6.07 Å². The van der Waals surface area contributed by atoms with Gasteiger partial charge in [-0.2, -0.15) is 4.39 Å². The van der Waals surface area contributed by atoms with Gasteiger partial charge in [0.15, 0.2) is 0 Å². The van der Waals surface area contributed by atoms with Gasteiger partial charge in [-0.05, 0) is 0 Å². The molecule has 0 amide bonds. The van der Waals surface area contributed by atoms with Crippen molar-refractivity contribution in [2.75, 3.05) is 5.33 Å². The largest absolute Gasteiger partial charge is 0.306 e. The molecule has 0 unspecified atom stereocenters. The first-order valence-electron chi connectivity index (χ1n) is 3.74. The third-order valence-corrected chi connectivity index (χ3v) is 1.80. The van der Waals surface area contributed by atoms with Crippen LogP contribution >= 0.6 is 15.9 Å². The van der Waals surface area contributed by atoms with E-state index in [0.29, 0.717) is 11.4 Å². The predicted molar refractivity (Wildman–Crippen MR) is 53.7 cm³/mol. The van der Waals surface area contributed by atoms with E-state index >= 15 is 0 Å². The molecule has 6 heteroatoms. The molecular formula is C9H4BrF2NO2. The number of nitrogens with zero attached hydrogens (tertiary/aromatic N) is 1. The molecule has 0 saturated heterocycles. The van der Waals surface area contributed by atoms with Gasteiger partial charge in [0.2, 0.25) is 5.82 Å². The average molecular weight is 276 g/mol. The highest BCUT2D eigenvalue weighted by molar-refractivity contribution is 9.09. The van der Waals surface area contributed by atoms with Crippen LogP contribution < -0.4 is 0 Å². The summed E-state index contributed by atoms with van der Waals surface area (Å²) in [6, 6.07) is 1.23. The summed E-state index contributed by atoms with van der Waals surface area (Å²) < 4.78 is 25.9. The van der Waals surface area contributed by atoms with Crippen LogP contribution in [0.1, 0.15) is 5.56 Å². The number of nitro benzene ring substituents is 1. The highest BCUT2D eigenvalue weighted by Gasteiger charge is 2.17. The molecule has 1 rings (SSSR count). The molecule has 1 aromatic carbocycles. The van der Waals surface area contributed by atoms with E-state index in [4.69, 9.17) is 0 Å². The predicted octanol–water partition coefficient (Wildman–Crippen LogP) is 2.62. The molecule has 0 spiro atoms. The van der Waals surface area contributed by atoms with Crippen molar-refractivity contribution in [3.05, 3.63) is 39.4 Å². The summed E-state index contributed by atoms with van der Waals surface area (Å²) in [7, 11) is 0. The molecule has 0 bridgehead atoms. The van der Waals surface area contributed by atoms with E-state index in [2.05, 4.69) is 27.8 Å². The van der Waals surface area contributed by atoms with Crippen LogP contribution in [-0.4, -0.2) is 10.3 Å². The summed E-state index contributed by atoms with van der Waals surface area (Å²) in [5.41, 5.74) is -0.974. The maximum Gasteiger partial charge on any atom is 0.306 e. The Labute approximate surface area is 92.4 Å². The Hall–Kier alpha value is -1.48. The summed E-state index contributed by atoms with van der Waals surface area (Å²) in [5.74, 6) is 2.70. The van der Waals surface area contributed by atoms with Gasteiger partial charge in [0, 0.05) is 12.1 Å². The Morgan fingerprint density at radius 1 is 1.40 bits per heavy atom. The number of benzene rings is 1. The van der Waals surface area contributed by atoms with Crippen molar-refractivity contribution in [1.29, 1.82) is 0 Å². The number of alkyl halides is 1. The van der Waals surface area contributed by atoms with E-state index in [9.17, 15) is 18.9 Å². The van der Waals surface area contributed by atoms with Crippen molar-refractivity contribution in [2.45, 2.75) is 0 Å². The van der Waals surface area contributed by atoms with Gasteiger partial charge < -0.3 is 0 Å². The minimum atomic E-state index is -1.21. The zero-order valence-electron chi connectivity index (χ0n) is 7.26. The molecule has 0 heterocycles. The van der Waals surface area contributed by atoms with Crippen LogP contribution in [0.4, 0.5) is 14.5 Å². The van der Waals surface area contributed by atoms with Crippen molar-refractivity contribution >= 4 is 21.6 Å². The van der Waals surface area contributed by atoms with Crippen molar-refractivity contribution < 1.29 is 13.7 Å². The zero-order valence-corrected chi connectivity index (χ0v) is 8.85. The van der Waals surface area contributed by atoms with E-state index < -0.39 is 22.2 Å². The van der Waals surface area contributed by atoms with Gasteiger partial charge in [0.05, 0.1) is 15.8 Å². The highest BCUT2D eigenvalue weighted by Crippen LogP contribution is 2.20. The van der Waals surface area contributed by atoms with Crippen LogP contribution in [0.3, 0.4) is 0 Å². The quantitative estimate of drug-likeness (QED) is 0.342. The fourth-order valence-corrected chi connectivity index (χ4v) is 1.04. The average Bonchev–Trinajstić information content (AvgIpc) is 2.16. The molecule has 15 heavy (non-hydrogen) atoms. The number of halogens is 3. The van der Waals surface area contributed by atoms with E-state index in [1.165, 1.54) is 0 Å². The number of rotatable bonds is 1. The molecule has 0 aliphatic carbocycles. The molecule has 0 aliphatic rings. The molecule has 0 aliphatic heterocycles. The van der Waals surface area contributed by atoms with Gasteiger partial charge in [-0.1, -0.05) is 27.8 Å². The van der Waals surface area contributed by atoms with Gasteiger partial charge in [-0.25, -0.2) is 4.39 Å². The second-order valence-corrected chi connectivity index (χ2v) is 3.04. The van der Waals surface area contributed by atoms with Crippen LogP contribution in [0, 0.1) is 33.6 Å². The lowest BCUT2D eigenvalue weighted by atomic mass is 10.2. The van der Waals surface area contributed by atoms with Crippen LogP contribution in [-0.2, 0) is 0 Å². The van der Waals surface area contributed by atoms with E-state index in [-0.39, 0.29) is 5.56 Å². The van der Waals surface area contributed by atoms with E-state index in [1.807, 2.05) is 0 Å². The lowest BCUT2D eigenvalue weighted by molar-refractivity contribution is -0.387. The minimum Gasteiger partial charge on any atom is -0.258 e. The van der Waals surface area contributed by atoms with Gasteiger partial charge >= 0.3 is 5.69 Å². The molecule has 78 valence electrons. The third kappa shape index (κ3) is 2.73. The number of nitro groups is 1. The maximum absolute atomic E-state index is 13.0. The SMILES string of the molecule is O=[N+]([O-])c1cc(C#CCBr)c(F)cc1F. The molecule has 0 saturated carbocycles. The molecule has 0 fully saturated rings. The normalized spacial score (nSPS) is 9.27. The Balaban J connectivity index is 3.29. The second kappa shape index (κ2) is 4.84. The summed E-state index contributed by atoms with van der Waals surface area (Å²) in [6.45, 7) is 0. The third-order valence-electron chi connectivity index (χ3n) is 1.52. The Morgan fingerprint density at radius 2 is 2.07 bits per heavy atom. The Morgan fingerprint density at radius 3 is 2.60 bits per heavy atom. The van der Waals surface area contributed by atoms with E-state index in [1.54, 1.807) is 0 Å². The van der Waals surface area contributed by atoms with Crippen LogP contribution in [0.2, 0.25) is 0 Å². The Bertz CT molecular complexity index is 465. The molecule has 0 atom stereocenters. The van der Waals surface area contributed by atoms with Crippen molar-refractivity contribution in [3.63, 3.8) is 0 Å². The van der Waals surface area contributed by atoms with Gasteiger partial charge in [-0.15, -0.1) is 0 Å². The van der Waals surface area contributed by atoms with Crippen LogP contribution in [0.25, 0.3) is 0 Å². The molecule has 0 radical (unpaired) electrons. The summed E-state index contributed by atoms with van der Waals surface area (Å²) >= 11 is 2.99. The second-order valence-electron chi connectivity index (χ2n) is 2.48. The van der Waals surface area contributed by atoms with Crippen molar-refractivity contribution in [2.24, 2.45) is 0 Å². The molecule has 1 aromatic rings. The maximum atomic E-state index is 13.0. The monoisotopic (exact) mass is 275 g/mol. The highest BCUT2D eigenvalue weighted by atomic mass is 79.9.